The number of carbonyl (C=O) groups is 3. The molecule has 0 spiro atoms. The van der Waals surface area contributed by atoms with Crippen molar-refractivity contribution in [2.45, 2.75) is 64.2 Å². The highest BCUT2D eigenvalue weighted by Crippen LogP contribution is 2.36. The van der Waals surface area contributed by atoms with Crippen molar-refractivity contribution >= 4 is 23.5 Å². The molecule has 6 heteroatoms. The average Bonchev–Trinajstić information content (AvgIpc) is 3.21. The summed E-state index contributed by atoms with van der Waals surface area (Å²) >= 11 is 0. The summed E-state index contributed by atoms with van der Waals surface area (Å²) in [5.74, 6) is -1.27. The number of hydrogen-bond acceptors (Lipinski definition) is 4. The minimum absolute atomic E-state index is 0.0293. The van der Waals surface area contributed by atoms with Crippen LogP contribution < -0.4 is 4.90 Å². The molecule has 168 valence electrons. The molecule has 2 aliphatic heterocycles. The predicted octanol–water partition coefficient (Wildman–Crippen LogP) is 3.72. The smallest absolute Gasteiger partial charge is 0.310 e. The van der Waals surface area contributed by atoms with Gasteiger partial charge in [0.1, 0.15) is 0 Å². The highest BCUT2D eigenvalue weighted by molar-refractivity contribution is 5.99. The lowest BCUT2D eigenvalue weighted by molar-refractivity contribution is -0.159. The van der Waals surface area contributed by atoms with Crippen LogP contribution in [0.5, 0.6) is 0 Å². The second-order valence-electron chi connectivity index (χ2n) is 9.12. The van der Waals surface area contributed by atoms with Gasteiger partial charge in [-0.05, 0) is 43.7 Å². The van der Waals surface area contributed by atoms with E-state index in [1.165, 1.54) is 12.0 Å². The lowest BCUT2D eigenvalue weighted by atomic mass is 9.78. The number of ether oxygens (including phenoxy) is 1. The number of fused-ring (bicyclic) bond motifs is 1. The number of benzene rings is 1. The number of nitrogens with zero attached hydrogens (tertiary/aromatic N) is 2. The van der Waals surface area contributed by atoms with Crippen LogP contribution in [-0.2, 0) is 25.5 Å². The fraction of sp³-hybridized carbons (Fsp3) is 0.640. The molecule has 4 rings (SSSR count). The molecule has 1 aromatic carbocycles. The van der Waals surface area contributed by atoms with Crippen LogP contribution in [0.15, 0.2) is 24.3 Å². The predicted molar refractivity (Wildman–Crippen MR) is 119 cm³/mol. The Hall–Kier alpha value is -2.37. The van der Waals surface area contributed by atoms with Gasteiger partial charge < -0.3 is 14.5 Å². The summed E-state index contributed by atoms with van der Waals surface area (Å²) in [7, 11) is 0. The van der Waals surface area contributed by atoms with Crippen molar-refractivity contribution in [2.75, 3.05) is 31.1 Å². The average molecular weight is 427 g/mol. The molecule has 2 fully saturated rings. The van der Waals surface area contributed by atoms with Crippen LogP contribution in [0.25, 0.3) is 0 Å². The van der Waals surface area contributed by atoms with Gasteiger partial charge in [0.25, 0.3) is 5.91 Å². The van der Waals surface area contributed by atoms with Crippen LogP contribution in [0.2, 0.25) is 0 Å². The van der Waals surface area contributed by atoms with Gasteiger partial charge in [-0.3, -0.25) is 14.4 Å². The van der Waals surface area contributed by atoms with Gasteiger partial charge in [0.2, 0.25) is 5.91 Å². The number of esters is 1. The summed E-state index contributed by atoms with van der Waals surface area (Å²) in [4.78, 5) is 42.6. The third-order valence-corrected chi connectivity index (χ3v) is 7.09. The first kappa shape index (κ1) is 21.8. The molecule has 0 bridgehead atoms. The third kappa shape index (κ3) is 5.10. The van der Waals surface area contributed by atoms with Crippen LogP contribution in [0, 0.1) is 11.8 Å². The summed E-state index contributed by atoms with van der Waals surface area (Å²) in [5, 5.41) is 0. The van der Waals surface area contributed by atoms with Gasteiger partial charge >= 0.3 is 5.97 Å². The van der Waals surface area contributed by atoms with Crippen molar-refractivity contribution in [1.82, 2.24) is 4.90 Å². The van der Waals surface area contributed by atoms with E-state index in [9.17, 15) is 14.4 Å². The highest BCUT2D eigenvalue weighted by Gasteiger charge is 2.40. The third-order valence-electron chi connectivity index (χ3n) is 7.09. The first-order valence-corrected chi connectivity index (χ1v) is 12.0. The van der Waals surface area contributed by atoms with Gasteiger partial charge in [0.15, 0.2) is 6.61 Å². The maximum absolute atomic E-state index is 13.4. The number of anilines is 1. The standard InChI is InChI=1S/C25H34N2O4/c28-23(26-15-8-2-1-3-9-16-26)18-31-25(30)21-12-6-5-11-20(21)24(29)27-17-14-19-10-4-7-13-22(19)27/h4,7,10,13,20-21H,1-3,5-6,8-9,11-12,14-18H2/t20-,21-/m0/s1. The number of para-hydroxylation sites is 1. The Balaban J connectivity index is 1.36. The van der Waals surface area contributed by atoms with Crippen LogP contribution in [0.1, 0.15) is 63.4 Å². The van der Waals surface area contributed by atoms with E-state index in [0.29, 0.717) is 19.4 Å². The minimum Gasteiger partial charge on any atom is -0.455 e. The van der Waals surface area contributed by atoms with Gasteiger partial charge in [-0.25, -0.2) is 0 Å². The Morgan fingerprint density at radius 1 is 0.839 bits per heavy atom. The molecule has 0 aromatic heterocycles. The van der Waals surface area contributed by atoms with E-state index in [4.69, 9.17) is 4.74 Å². The van der Waals surface area contributed by atoms with Crippen molar-refractivity contribution in [3.63, 3.8) is 0 Å². The maximum Gasteiger partial charge on any atom is 0.310 e. The number of carbonyl (C=O) groups excluding carboxylic acids is 3. The molecule has 0 N–H and O–H groups in total. The second-order valence-corrected chi connectivity index (χ2v) is 9.12. The first-order valence-electron chi connectivity index (χ1n) is 12.0. The molecule has 2 heterocycles. The fourth-order valence-electron chi connectivity index (χ4n) is 5.30. The molecule has 1 saturated heterocycles. The molecule has 1 saturated carbocycles. The normalized spacial score (nSPS) is 24.1. The Morgan fingerprint density at radius 3 is 2.29 bits per heavy atom. The fourth-order valence-corrected chi connectivity index (χ4v) is 5.30. The van der Waals surface area contributed by atoms with E-state index in [0.717, 1.165) is 63.7 Å². The molecule has 1 aromatic rings. The number of rotatable bonds is 4. The maximum atomic E-state index is 13.4. The molecule has 31 heavy (non-hydrogen) atoms. The second kappa shape index (κ2) is 10.3. The molecular weight excluding hydrogens is 392 g/mol. The largest absolute Gasteiger partial charge is 0.455 e. The number of hydrogen-bond donors (Lipinski definition) is 0. The number of amides is 2. The van der Waals surface area contributed by atoms with E-state index in [1.54, 1.807) is 0 Å². The highest BCUT2D eigenvalue weighted by atomic mass is 16.5. The summed E-state index contributed by atoms with van der Waals surface area (Å²) < 4.78 is 5.48. The zero-order valence-corrected chi connectivity index (χ0v) is 18.4. The van der Waals surface area contributed by atoms with E-state index in [-0.39, 0.29) is 30.3 Å². The Kier molecular flexibility index (Phi) is 7.25. The Morgan fingerprint density at radius 2 is 1.52 bits per heavy atom. The number of likely N-dealkylation sites (tertiary alicyclic amines) is 1. The van der Waals surface area contributed by atoms with Crippen molar-refractivity contribution in [3.8, 4) is 0 Å². The van der Waals surface area contributed by atoms with Crippen molar-refractivity contribution in [3.05, 3.63) is 29.8 Å². The van der Waals surface area contributed by atoms with Gasteiger partial charge in [-0.15, -0.1) is 0 Å². The molecular formula is C25H34N2O4. The molecule has 3 aliphatic rings. The molecule has 2 atom stereocenters. The Labute approximate surface area is 184 Å². The van der Waals surface area contributed by atoms with E-state index >= 15 is 0 Å². The zero-order valence-electron chi connectivity index (χ0n) is 18.4. The summed E-state index contributed by atoms with van der Waals surface area (Å²) in [6, 6.07) is 7.99. The molecule has 2 amide bonds. The van der Waals surface area contributed by atoms with Crippen LogP contribution in [0.4, 0.5) is 5.69 Å². The quantitative estimate of drug-likeness (QED) is 0.689. The summed E-state index contributed by atoms with van der Waals surface area (Å²) in [6.07, 6.45) is 9.63. The molecule has 1 aliphatic carbocycles. The molecule has 0 radical (unpaired) electrons. The SMILES string of the molecule is O=C(OCC(=O)N1CCCCCCC1)[C@H]1CCCC[C@@H]1C(=O)N1CCc2ccccc21. The zero-order chi connectivity index (χ0) is 21.6. The first-order chi connectivity index (χ1) is 15.1. The topological polar surface area (TPSA) is 66.9 Å². The lowest BCUT2D eigenvalue weighted by Crippen LogP contribution is -2.43. The summed E-state index contributed by atoms with van der Waals surface area (Å²) in [6.45, 7) is 1.96. The van der Waals surface area contributed by atoms with Crippen molar-refractivity contribution in [2.24, 2.45) is 11.8 Å². The van der Waals surface area contributed by atoms with Gasteiger partial charge in [-0.1, -0.05) is 50.3 Å². The summed E-state index contributed by atoms with van der Waals surface area (Å²) in [5.41, 5.74) is 2.15. The van der Waals surface area contributed by atoms with Crippen molar-refractivity contribution in [1.29, 1.82) is 0 Å². The van der Waals surface area contributed by atoms with Crippen molar-refractivity contribution < 1.29 is 19.1 Å². The van der Waals surface area contributed by atoms with Gasteiger partial charge in [0, 0.05) is 25.3 Å². The van der Waals surface area contributed by atoms with E-state index < -0.39 is 5.92 Å². The van der Waals surface area contributed by atoms with Crippen LogP contribution in [0.3, 0.4) is 0 Å². The molecule has 6 nitrogen and oxygen atoms in total. The van der Waals surface area contributed by atoms with Crippen LogP contribution >= 0.6 is 0 Å². The minimum atomic E-state index is -0.450. The van der Waals surface area contributed by atoms with E-state index in [2.05, 4.69) is 6.07 Å². The van der Waals surface area contributed by atoms with Gasteiger partial charge in [-0.2, -0.15) is 0 Å². The lowest BCUT2D eigenvalue weighted by Gasteiger charge is -2.32. The Bertz CT molecular complexity index is 800. The van der Waals surface area contributed by atoms with Gasteiger partial charge in [0.05, 0.1) is 11.8 Å². The molecule has 0 unspecified atom stereocenters. The van der Waals surface area contributed by atoms with E-state index in [1.807, 2.05) is 28.0 Å². The van der Waals surface area contributed by atoms with Crippen LogP contribution in [-0.4, -0.2) is 48.9 Å². The monoisotopic (exact) mass is 426 g/mol.